The zero-order valence-electron chi connectivity index (χ0n) is 11.5. The summed E-state index contributed by atoms with van der Waals surface area (Å²) in [4.78, 5) is 21.7. The molecule has 8 nitrogen and oxygen atoms in total. The quantitative estimate of drug-likeness (QED) is 0.540. The van der Waals surface area contributed by atoms with Gasteiger partial charge in [-0.05, 0) is 30.7 Å². The Kier molecular flexibility index (Phi) is 6.12. The van der Waals surface area contributed by atoms with Crippen LogP contribution in [0, 0.1) is 0 Å². The van der Waals surface area contributed by atoms with Gasteiger partial charge in [0.2, 0.25) is 0 Å². The summed E-state index contributed by atoms with van der Waals surface area (Å²) in [5, 5.41) is 4.13. The van der Waals surface area contributed by atoms with Gasteiger partial charge in [-0.25, -0.2) is 9.59 Å². The normalized spacial score (nSPS) is 10.9. The molecule has 0 aromatic heterocycles. The predicted octanol–water partition coefficient (Wildman–Crippen LogP) is 1.39. The number of nitrogens with two attached hydrogens (primary N) is 1. The highest BCUT2D eigenvalue weighted by Gasteiger charge is 2.14. The molecule has 0 aliphatic rings. The summed E-state index contributed by atoms with van der Waals surface area (Å²) in [6.07, 6.45) is 1.47. The Morgan fingerprint density at radius 1 is 1.24 bits per heavy atom. The van der Waals surface area contributed by atoms with Crippen LogP contribution in [0.5, 0.6) is 0 Å². The molecule has 1 aromatic carbocycles. The first-order chi connectivity index (χ1) is 9.85. The van der Waals surface area contributed by atoms with Gasteiger partial charge in [-0.15, -0.1) is 0 Å². The lowest BCUT2D eigenvalue weighted by Gasteiger charge is -2.07. The summed E-state index contributed by atoms with van der Waals surface area (Å²) < 4.78 is 28.4. The number of anilines is 1. The number of amides is 4. The van der Waals surface area contributed by atoms with E-state index in [1.54, 1.807) is 0 Å². The zero-order chi connectivity index (χ0) is 15.9. The van der Waals surface area contributed by atoms with Crippen LogP contribution in [-0.4, -0.2) is 27.1 Å². The monoisotopic (exact) mass is 315 g/mol. The highest BCUT2D eigenvalue weighted by atomic mass is 32.2. The average molecular weight is 315 g/mol. The Balaban J connectivity index is 2.69. The lowest BCUT2D eigenvalue weighted by atomic mass is 10.3. The van der Waals surface area contributed by atoms with E-state index in [2.05, 4.69) is 5.32 Å². The van der Waals surface area contributed by atoms with Crippen molar-refractivity contribution < 1.29 is 22.2 Å². The summed E-state index contributed by atoms with van der Waals surface area (Å²) in [6, 6.07) is 3.53. The van der Waals surface area contributed by atoms with Crippen LogP contribution < -0.4 is 16.4 Å². The van der Waals surface area contributed by atoms with Gasteiger partial charge in [0.25, 0.3) is 10.1 Å². The molecule has 4 N–H and O–H groups in total. The minimum atomic E-state index is -3.80. The van der Waals surface area contributed by atoms with Crippen LogP contribution in [0.15, 0.2) is 29.2 Å². The minimum absolute atomic E-state index is 0.0144. The molecule has 9 heteroatoms. The first kappa shape index (κ1) is 16.9. The summed E-state index contributed by atoms with van der Waals surface area (Å²) in [5.74, 6) is 0. The van der Waals surface area contributed by atoms with Gasteiger partial charge in [0.1, 0.15) is 0 Å². The van der Waals surface area contributed by atoms with Gasteiger partial charge >= 0.3 is 12.1 Å². The number of imide groups is 1. The van der Waals surface area contributed by atoms with Crippen molar-refractivity contribution >= 4 is 27.9 Å². The van der Waals surface area contributed by atoms with E-state index < -0.39 is 22.2 Å². The van der Waals surface area contributed by atoms with E-state index in [1.807, 2.05) is 12.2 Å². The van der Waals surface area contributed by atoms with E-state index in [4.69, 9.17) is 9.92 Å². The fraction of sp³-hybridized carbons (Fsp3) is 0.333. The standard InChI is InChI=1S/C12H17N3O5S/c1-2-3-8-20-21(18,19)10-6-4-9(5-7-10)14-12(17)15-11(13)16/h4-7H,2-3,8H2,1H3,(H4,13,14,15,16,17). The van der Waals surface area contributed by atoms with Gasteiger partial charge in [0.15, 0.2) is 0 Å². The Morgan fingerprint density at radius 3 is 2.38 bits per heavy atom. The van der Waals surface area contributed by atoms with Crippen molar-refractivity contribution in [3.63, 3.8) is 0 Å². The molecule has 0 unspecified atom stereocenters. The van der Waals surface area contributed by atoms with Crippen molar-refractivity contribution in [2.75, 3.05) is 11.9 Å². The highest BCUT2D eigenvalue weighted by molar-refractivity contribution is 7.86. The van der Waals surface area contributed by atoms with Gasteiger partial charge in [-0.1, -0.05) is 13.3 Å². The van der Waals surface area contributed by atoms with Gasteiger partial charge in [0.05, 0.1) is 11.5 Å². The SMILES string of the molecule is CCCCOS(=O)(=O)c1ccc(NC(=O)NC(N)=O)cc1. The number of rotatable bonds is 6. The molecule has 116 valence electrons. The maximum atomic E-state index is 11.8. The van der Waals surface area contributed by atoms with Gasteiger partial charge in [-0.2, -0.15) is 8.42 Å². The number of urea groups is 2. The van der Waals surface area contributed by atoms with E-state index in [0.717, 1.165) is 6.42 Å². The fourth-order valence-corrected chi connectivity index (χ4v) is 2.30. The fourth-order valence-electron chi connectivity index (χ4n) is 1.36. The van der Waals surface area contributed by atoms with Crippen molar-refractivity contribution in [3.05, 3.63) is 24.3 Å². The first-order valence-corrected chi connectivity index (χ1v) is 7.63. The minimum Gasteiger partial charge on any atom is -0.351 e. The Morgan fingerprint density at radius 2 is 1.86 bits per heavy atom. The number of unbranched alkanes of at least 4 members (excludes halogenated alkanes) is 1. The second-order valence-corrected chi connectivity index (χ2v) is 5.71. The molecule has 0 heterocycles. The molecule has 0 radical (unpaired) electrons. The number of benzene rings is 1. The average Bonchev–Trinajstić information content (AvgIpc) is 2.38. The van der Waals surface area contributed by atoms with Crippen molar-refractivity contribution in [1.82, 2.24) is 5.32 Å². The molecule has 0 aliphatic heterocycles. The van der Waals surface area contributed by atoms with Crippen LogP contribution in [0.25, 0.3) is 0 Å². The molecule has 0 bridgehead atoms. The number of hydrogen-bond acceptors (Lipinski definition) is 5. The van der Waals surface area contributed by atoms with Gasteiger partial charge in [-0.3, -0.25) is 9.50 Å². The van der Waals surface area contributed by atoms with Crippen LogP contribution in [0.2, 0.25) is 0 Å². The van der Waals surface area contributed by atoms with Crippen LogP contribution in [0.3, 0.4) is 0 Å². The number of nitrogens with one attached hydrogen (secondary N) is 2. The van der Waals surface area contributed by atoms with Crippen LogP contribution in [-0.2, 0) is 14.3 Å². The molecule has 0 atom stereocenters. The van der Waals surface area contributed by atoms with Crippen molar-refractivity contribution in [2.45, 2.75) is 24.7 Å². The number of hydrogen-bond donors (Lipinski definition) is 3. The molecular weight excluding hydrogens is 298 g/mol. The molecule has 4 amide bonds. The van der Waals surface area contributed by atoms with E-state index in [9.17, 15) is 18.0 Å². The van der Waals surface area contributed by atoms with Crippen LogP contribution in [0.1, 0.15) is 19.8 Å². The third-order valence-corrected chi connectivity index (χ3v) is 3.70. The predicted molar refractivity (Wildman–Crippen MR) is 76.2 cm³/mol. The molecule has 0 aliphatic carbocycles. The molecule has 1 rings (SSSR count). The molecule has 0 spiro atoms. The Bertz CT molecular complexity index is 598. The van der Waals surface area contributed by atoms with Crippen LogP contribution >= 0.6 is 0 Å². The molecule has 1 aromatic rings. The smallest absolute Gasteiger partial charge is 0.327 e. The molecule has 21 heavy (non-hydrogen) atoms. The zero-order valence-corrected chi connectivity index (χ0v) is 12.3. The summed E-state index contributed by atoms with van der Waals surface area (Å²) >= 11 is 0. The second kappa shape index (κ2) is 7.60. The second-order valence-electron chi connectivity index (χ2n) is 4.10. The highest BCUT2D eigenvalue weighted by Crippen LogP contribution is 2.16. The third-order valence-electron chi connectivity index (χ3n) is 2.37. The van der Waals surface area contributed by atoms with Crippen molar-refractivity contribution in [3.8, 4) is 0 Å². The Labute approximate surface area is 122 Å². The lowest BCUT2D eigenvalue weighted by molar-refractivity contribution is 0.238. The maximum Gasteiger partial charge on any atom is 0.327 e. The molecular formula is C12H17N3O5S. The molecule has 0 fully saturated rings. The summed E-state index contributed by atoms with van der Waals surface area (Å²) in [6.45, 7) is 2.05. The third kappa shape index (κ3) is 5.79. The van der Waals surface area contributed by atoms with Gasteiger partial charge in [0, 0.05) is 5.69 Å². The van der Waals surface area contributed by atoms with Gasteiger partial charge < -0.3 is 11.1 Å². The Hall–Kier alpha value is -2.13. The topological polar surface area (TPSA) is 128 Å². The van der Waals surface area contributed by atoms with Crippen molar-refractivity contribution in [2.24, 2.45) is 5.73 Å². The number of carbonyl (C=O) groups excluding carboxylic acids is 2. The van der Waals surface area contributed by atoms with E-state index in [-0.39, 0.29) is 11.5 Å². The first-order valence-electron chi connectivity index (χ1n) is 6.22. The number of primary amides is 1. The summed E-state index contributed by atoms with van der Waals surface area (Å²) in [5.41, 5.74) is 5.09. The lowest BCUT2D eigenvalue weighted by Crippen LogP contribution is -2.38. The summed E-state index contributed by atoms with van der Waals surface area (Å²) in [7, 11) is -3.80. The van der Waals surface area contributed by atoms with E-state index in [1.165, 1.54) is 24.3 Å². The maximum absolute atomic E-state index is 11.8. The molecule has 0 saturated carbocycles. The number of carbonyl (C=O) groups is 2. The largest absolute Gasteiger partial charge is 0.351 e. The molecule has 0 saturated heterocycles. The van der Waals surface area contributed by atoms with E-state index >= 15 is 0 Å². The van der Waals surface area contributed by atoms with Crippen molar-refractivity contribution in [1.29, 1.82) is 0 Å². The van der Waals surface area contributed by atoms with E-state index in [0.29, 0.717) is 12.1 Å². The van der Waals surface area contributed by atoms with Crippen LogP contribution in [0.4, 0.5) is 15.3 Å².